The number of carbonyl (C=O) groups is 1. The number of hydrogen-bond donors (Lipinski definition) is 0. The van der Waals surface area contributed by atoms with Crippen molar-refractivity contribution in [1.82, 2.24) is 9.80 Å². The molecule has 0 amide bonds. The Balaban J connectivity index is 1.39. The zero-order chi connectivity index (χ0) is 23.2. The summed E-state index contributed by atoms with van der Waals surface area (Å²) in [7, 11) is 1.46. The van der Waals surface area contributed by atoms with Crippen molar-refractivity contribution in [3.05, 3.63) is 65.5 Å². The smallest absolute Gasteiger partial charge is 0.305 e. The van der Waals surface area contributed by atoms with Gasteiger partial charge < -0.3 is 9.64 Å². The Morgan fingerprint density at radius 1 is 1.06 bits per heavy atom. The second-order valence-corrected chi connectivity index (χ2v) is 9.43. The van der Waals surface area contributed by atoms with Crippen LogP contribution < -0.4 is 4.90 Å². The van der Waals surface area contributed by atoms with E-state index in [0.29, 0.717) is 24.1 Å². The highest BCUT2D eigenvalue weighted by molar-refractivity contribution is 5.69. The second kappa shape index (κ2) is 11.1. The lowest BCUT2D eigenvalue weighted by atomic mass is 9.86. The summed E-state index contributed by atoms with van der Waals surface area (Å²) in [6.45, 7) is 8.63. The van der Waals surface area contributed by atoms with Crippen LogP contribution in [0.15, 0.2) is 48.5 Å². The third-order valence-corrected chi connectivity index (χ3v) is 7.19. The number of likely N-dealkylation sites (tertiary alicyclic amines) is 1. The van der Waals surface area contributed by atoms with E-state index < -0.39 is 0 Å². The minimum absolute atomic E-state index is 0.131. The van der Waals surface area contributed by atoms with Gasteiger partial charge in [0.1, 0.15) is 5.82 Å². The third kappa shape index (κ3) is 6.12. The molecule has 2 aliphatic heterocycles. The zero-order valence-electron chi connectivity index (χ0n) is 19.9. The molecule has 4 rings (SSSR count). The average Bonchev–Trinajstić information content (AvgIpc) is 2.83. The van der Waals surface area contributed by atoms with Crippen molar-refractivity contribution in [2.45, 2.75) is 38.8 Å². The van der Waals surface area contributed by atoms with Crippen LogP contribution in [0.3, 0.4) is 0 Å². The van der Waals surface area contributed by atoms with Crippen molar-refractivity contribution in [3.63, 3.8) is 0 Å². The molecule has 0 bridgehead atoms. The van der Waals surface area contributed by atoms with Gasteiger partial charge in [-0.2, -0.15) is 0 Å². The molecule has 0 aliphatic carbocycles. The number of hydrogen-bond acceptors (Lipinski definition) is 5. The summed E-state index contributed by atoms with van der Waals surface area (Å²) in [6, 6.07) is 16.2. The Bertz CT molecular complexity index is 929. The number of methoxy groups -OCH3 is 1. The molecule has 6 heteroatoms. The summed E-state index contributed by atoms with van der Waals surface area (Å²) >= 11 is 0. The maximum Gasteiger partial charge on any atom is 0.305 e. The molecule has 2 fully saturated rings. The van der Waals surface area contributed by atoms with Crippen LogP contribution in [-0.4, -0.2) is 68.2 Å². The molecule has 0 spiro atoms. The van der Waals surface area contributed by atoms with Crippen LogP contribution in [0, 0.1) is 18.7 Å². The van der Waals surface area contributed by atoms with Crippen LogP contribution in [0.4, 0.5) is 10.1 Å². The first-order valence-electron chi connectivity index (χ1n) is 12.1. The standard InChI is InChI=1S/C27H36FN3O2/c1-21-6-5-7-22(18-21)19-29-13-12-25(23(20-29)10-11-27(32)33-2)30-14-16-31(17-15-30)26-9-4-3-8-24(26)28/h3-9,18,23,25H,10-17,19-20H2,1-2H3/t23-,25+/m1/s1. The van der Waals surface area contributed by atoms with Gasteiger partial charge in [0.05, 0.1) is 12.8 Å². The van der Waals surface area contributed by atoms with Crippen LogP contribution in [0.1, 0.15) is 30.4 Å². The highest BCUT2D eigenvalue weighted by atomic mass is 19.1. The van der Waals surface area contributed by atoms with E-state index in [1.807, 2.05) is 12.1 Å². The number of esters is 1. The first-order valence-corrected chi connectivity index (χ1v) is 12.1. The van der Waals surface area contributed by atoms with Gasteiger partial charge in [-0.15, -0.1) is 0 Å². The first kappa shape index (κ1) is 23.7. The van der Waals surface area contributed by atoms with Gasteiger partial charge in [0.2, 0.25) is 0 Å². The Hall–Kier alpha value is -2.44. The minimum atomic E-state index is -0.147. The number of halogens is 1. The Kier molecular flexibility index (Phi) is 7.99. The van der Waals surface area contributed by atoms with Gasteiger partial charge >= 0.3 is 5.97 Å². The number of nitrogens with zero attached hydrogens (tertiary/aromatic N) is 3. The summed E-state index contributed by atoms with van der Waals surface area (Å²) in [5.74, 6) is 0.142. The quantitative estimate of drug-likeness (QED) is 0.590. The molecule has 178 valence electrons. The number of carbonyl (C=O) groups excluding carboxylic acids is 1. The van der Waals surface area contributed by atoms with Crippen molar-refractivity contribution in [3.8, 4) is 0 Å². The highest BCUT2D eigenvalue weighted by Crippen LogP contribution is 2.29. The number of ether oxygens (including phenoxy) is 1. The monoisotopic (exact) mass is 453 g/mol. The SMILES string of the molecule is COC(=O)CC[C@@H]1CN(Cc2cccc(C)c2)CC[C@@H]1N1CCN(c2ccccc2F)CC1. The number of aryl methyl sites for hydroxylation is 1. The van der Waals surface area contributed by atoms with E-state index in [-0.39, 0.29) is 11.8 Å². The van der Waals surface area contributed by atoms with Crippen molar-refractivity contribution < 1.29 is 13.9 Å². The molecule has 0 N–H and O–H groups in total. The highest BCUT2D eigenvalue weighted by Gasteiger charge is 2.35. The molecule has 5 nitrogen and oxygen atoms in total. The van der Waals surface area contributed by atoms with E-state index in [4.69, 9.17) is 4.74 Å². The Morgan fingerprint density at radius 3 is 2.58 bits per heavy atom. The fourth-order valence-corrected chi connectivity index (χ4v) is 5.48. The van der Waals surface area contributed by atoms with E-state index in [1.54, 1.807) is 6.07 Å². The molecule has 2 atom stereocenters. The number of anilines is 1. The van der Waals surface area contributed by atoms with Crippen LogP contribution in [0.5, 0.6) is 0 Å². The van der Waals surface area contributed by atoms with Crippen molar-refractivity contribution in [2.75, 3.05) is 51.3 Å². The predicted molar refractivity (Wildman–Crippen MR) is 130 cm³/mol. The van der Waals surface area contributed by atoms with E-state index >= 15 is 0 Å². The third-order valence-electron chi connectivity index (χ3n) is 7.19. The lowest BCUT2D eigenvalue weighted by Gasteiger charge is -2.47. The Morgan fingerprint density at radius 2 is 1.85 bits per heavy atom. The molecule has 0 saturated carbocycles. The molecule has 2 aliphatic rings. The van der Waals surface area contributed by atoms with Crippen molar-refractivity contribution in [1.29, 1.82) is 0 Å². The summed E-state index contributed by atoms with van der Waals surface area (Å²) in [5.41, 5.74) is 3.34. The second-order valence-electron chi connectivity index (χ2n) is 9.43. The number of piperidine rings is 1. The molecule has 2 aromatic rings. The number of rotatable bonds is 7. The van der Waals surface area contributed by atoms with Crippen LogP contribution in [-0.2, 0) is 16.1 Å². The number of para-hydroxylation sites is 1. The first-order chi connectivity index (χ1) is 16.0. The maximum atomic E-state index is 14.2. The van der Waals surface area contributed by atoms with Gasteiger partial charge in [0, 0.05) is 51.7 Å². The molecule has 2 heterocycles. The van der Waals surface area contributed by atoms with Crippen LogP contribution in [0.2, 0.25) is 0 Å². The van der Waals surface area contributed by atoms with E-state index in [1.165, 1.54) is 24.3 Å². The summed E-state index contributed by atoms with van der Waals surface area (Å²) in [6.07, 6.45) is 2.40. The number of benzene rings is 2. The predicted octanol–water partition coefficient (Wildman–Crippen LogP) is 4.10. The van der Waals surface area contributed by atoms with Crippen molar-refractivity contribution in [2.24, 2.45) is 5.92 Å². The van der Waals surface area contributed by atoms with E-state index in [2.05, 4.69) is 45.9 Å². The number of piperazine rings is 1. The van der Waals surface area contributed by atoms with Gasteiger partial charge in [0.25, 0.3) is 0 Å². The topological polar surface area (TPSA) is 36.0 Å². The fourth-order valence-electron chi connectivity index (χ4n) is 5.48. The molecular weight excluding hydrogens is 417 g/mol. The van der Waals surface area contributed by atoms with Gasteiger partial charge in [-0.3, -0.25) is 14.6 Å². The zero-order valence-corrected chi connectivity index (χ0v) is 19.9. The summed E-state index contributed by atoms with van der Waals surface area (Å²) in [4.78, 5) is 19.1. The maximum absolute atomic E-state index is 14.2. The summed E-state index contributed by atoms with van der Waals surface area (Å²) < 4.78 is 19.2. The van der Waals surface area contributed by atoms with E-state index in [9.17, 15) is 9.18 Å². The van der Waals surface area contributed by atoms with Gasteiger partial charge in [0.15, 0.2) is 0 Å². The lowest BCUT2D eigenvalue weighted by molar-refractivity contribution is -0.141. The molecular formula is C27H36FN3O2. The lowest BCUT2D eigenvalue weighted by Crippen LogP contribution is -2.56. The molecule has 0 radical (unpaired) electrons. The fraction of sp³-hybridized carbons (Fsp3) is 0.519. The Labute approximate surface area is 197 Å². The molecule has 33 heavy (non-hydrogen) atoms. The van der Waals surface area contributed by atoms with Crippen molar-refractivity contribution >= 4 is 11.7 Å². The largest absolute Gasteiger partial charge is 0.469 e. The van der Waals surface area contributed by atoms with Gasteiger partial charge in [-0.25, -0.2) is 4.39 Å². The summed E-state index contributed by atoms with van der Waals surface area (Å²) in [5, 5.41) is 0. The van der Waals surface area contributed by atoms with Gasteiger partial charge in [-0.05, 0) is 49.9 Å². The van der Waals surface area contributed by atoms with Gasteiger partial charge in [-0.1, -0.05) is 42.0 Å². The molecule has 2 saturated heterocycles. The van der Waals surface area contributed by atoms with Crippen LogP contribution >= 0.6 is 0 Å². The normalized spacial score (nSPS) is 22.3. The minimum Gasteiger partial charge on any atom is -0.469 e. The molecule has 2 aromatic carbocycles. The molecule has 0 aromatic heterocycles. The average molecular weight is 454 g/mol. The molecule has 0 unspecified atom stereocenters. The van der Waals surface area contributed by atoms with Crippen LogP contribution in [0.25, 0.3) is 0 Å². The van der Waals surface area contributed by atoms with E-state index in [0.717, 1.165) is 58.7 Å².